The fraction of sp³-hybridized carbons (Fsp3) is 0.643. The van der Waals surface area contributed by atoms with Crippen molar-refractivity contribution in [2.75, 3.05) is 19.4 Å². The van der Waals surface area contributed by atoms with Crippen LogP contribution in [0.1, 0.15) is 25.7 Å². The van der Waals surface area contributed by atoms with E-state index in [1.165, 1.54) is 37.4 Å². The lowest BCUT2D eigenvalue weighted by molar-refractivity contribution is 0.377. The van der Waals surface area contributed by atoms with Crippen molar-refractivity contribution in [1.82, 2.24) is 14.6 Å². The Morgan fingerprint density at radius 1 is 1.24 bits per heavy atom. The molecule has 6 nitrogen and oxygen atoms in total. The first-order chi connectivity index (χ1) is 9.95. The van der Waals surface area contributed by atoms with E-state index in [1.54, 1.807) is 12.1 Å². The number of sulfonamides is 1. The van der Waals surface area contributed by atoms with E-state index in [0.29, 0.717) is 18.1 Å². The quantitative estimate of drug-likeness (QED) is 0.869. The van der Waals surface area contributed by atoms with Crippen molar-refractivity contribution in [3.8, 4) is 0 Å². The largest absolute Gasteiger partial charge is 0.367 e. The molecule has 1 aromatic heterocycles. The van der Waals surface area contributed by atoms with Crippen molar-refractivity contribution >= 4 is 15.8 Å². The Balaban J connectivity index is 1.68. The van der Waals surface area contributed by atoms with Gasteiger partial charge >= 0.3 is 0 Å². The molecule has 0 saturated carbocycles. The van der Waals surface area contributed by atoms with E-state index in [9.17, 15) is 8.42 Å². The van der Waals surface area contributed by atoms with Gasteiger partial charge in [-0.15, -0.1) is 0 Å². The summed E-state index contributed by atoms with van der Waals surface area (Å²) in [5.41, 5.74) is 0. The van der Waals surface area contributed by atoms with Crippen LogP contribution in [0.5, 0.6) is 0 Å². The van der Waals surface area contributed by atoms with Gasteiger partial charge in [-0.3, -0.25) is 0 Å². The summed E-state index contributed by atoms with van der Waals surface area (Å²) in [5.74, 6) is 0.749. The van der Waals surface area contributed by atoms with E-state index in [2.05, 4.69) is 15.6 Å². The molecule has 0 radical (unpaired) electrons. The smallest absolute Gasteiger partial charge is 0.244 e. The summed E-state index contributed by atoms with van der Waals surface area (Å²) in [5, 5.41) is 7.03. The Labute approximate surface area is 126 Å². The van der Waals surface area contributed by atoms with Crippen LogP contribution < -0.4 is 10.6 Å². The molecule has 2 aliphatic heterocycles. The molecule has 2 saturated heterocycles. The summed E-state index contributed by atoms with van der Waals surface area (Å²) >= 11 is 0. The molecular weight excluding hydrogens is 288 g/mol. The minimum absolute atomic E-state index is 0.225. The average molecular weight is 310 g/mol. The number of hydrogen-bond donors (Lipinski definition) is 2. The van der Waals surface area contributed by atoms with Gasteiger partial charge in [-0.05, 0) is 37.8 Å². The Morgan fingerprint density at radius 2 is 1.90 bits per heavy atom. The van der Waals surface area contributed by atoms with Crippen molar-refractivity contribution < 1.29 is 8.42 Å². The van der Waals surface area contributed by atoms with Gasteiger partial charge in [-0.1, -0.05) is 0 Å². The molecule has 2 fully saturated rings. The van der Waals surface area contributed by atoms with Crippen LogP contribution in [0.25, 0.3) is 0 Å². The lowest BCUT2D eigenvalue weighted by Crippen LogP contribution is -2.43. The molecule has 2 unspecified atom stereocenters. The normalized spacial score (nSPS) is 28.8. The summed E-state index contributed by atoms with van der Waals surface area (Å²) in [6, 6.07) is 5.03. The van der Waals surface area contributed by atoms with Gasteiger partial charge in [0.1, 0.15) is 10.7 Å². The topological polar surface area (TPSA) is 74.3 Å². The molecule has 0 spiro atoms. The number of fused-ring (bicyclic) bond motifs is 2. The molecule has 2 bridgehead atoms. The highest BCUT2D eigenvalue weighted by atomic mass is 32.2. The lowest BCUT2D eigenvalue weighted by Gasteiger charge is -2.30. The first kappa shape index (κ1) is 14.7. The SMILES string of the molecule is CN(C)S(=O)(=O)c1ccc(NC2CC3CCC(C2)N3)nc1. The van der Waals surface area contributed by atoms with E-state index in [-0.39, 0.29) is 4.90 Å². The summed E-state index contributed by atoms with van der Waals surface area (Å²) in [7, 11) is -0.361. The Kier molecular flexibility index (Phi) is 3.90. The van der Waals surface area contributed by atoms with E-state index < -0.39 is 10.0 Å². The predicted octanol–water partition coefficient (Wildman–Crippen LogP) is 1.03. The molecule has 1 aromatic rings. The third-order valence-electron chi connectivity index (χ3n) is 4.34. The minimum Gasteiger partial charge on any atom is -0.367 e. The summed E-state index contributed by atoms with van der Waals surface area (Å²) in [6.45, 7) is 0. The van der Waals surface area contributed by atoms with E-state index in [1.807, 2.05) is 0 Å². The van der Waals surface area contributed by atoms with Gasteiger partial charge < -0.3 is 10.6 Å². The van der Waals surface area contributed by atoms with Gasteiger partial charge in [-0.25, -0.2) is 17.7 Å². The Hall–Kier alpha value is -1.18. The first-order valence-corrected chi connectivity index (χ1v) is 8.80. The van der Waals surface area contributed by atoms with E-state index in [0.717, 1.165) is 18.7 Å². The lowest BCUT2D eigenvalue weighted by atomic mass is 10.00. The number of nitrogens with zero attached hydrogens (tertiary/aromatic N) is 2. The molecular formula is C14H22N4O2S. The fourth-order valence-electron chi connectivity index (χ4n) is 3.21. The van der Waals surface area contributed by atoms with Crippen LogP contribution in [0.4, 0.5) is 5.82 Å². The fourth-order valence-corrected chi connectivity index (χ4v) is 4.06. The number of piperidine rings is 1. The molecule has 2 atom stereocenters. The summed E-state index contributed by atoms with van der Waals surface area (Å²) in [4.78, 5) is 4.48. The van der Waals surface area contributed by atoms with Crippen molar-refractivity contribution in [3.05, 3.63) is 18.3 Å². The van der Waals surface area contributed by atoms with Crippen LogP contribution in [0, 0.1) is 0 Å². The zero-order valence-corrected chi connectivity index (χ0v) is 13.2. The van der Waals surface area contributed by atoms with Crippen LogP contribution >= 0.6 is 0 Å². The van der Waals surface area contributed by atoms with Crippen LogP contribution in [-0.4, -0.2) is 49.9 Å². The zero-order valence-electron chi connectivity index (χ0n) is 12.4. The molecule has 21 heavy (non-hydrogen) atoms. The molecule has 116 valence electrons. The third-order valence-corrected chi connectivity index (χ3v) is 6.14. The second-order valence-electron chi connectivity index (χ2n) is 6.12. The molecule has 0 amide bonds. The van der Waals surface area contributed by atoms with Crippen LogP contribution in [0.3, 0.4) is 0 Å². The van der Waals surface area contributed by atoms with Gasteiger partial charge in [0.2, 0.25) is 10.0 Å². The van der Waals surface area contributed by atoms with E-state index in [4.69, 9.17) is 0 Å². The van der Waals surface area contributed by atoms with Crippen LogP contribution in [0.2, 0.25) is 0 Å². The second-order valence-corrected chi connectivity index (χ2v) is 8.27. The maximum absolute atomic E-state index is 12.0. The highest BCUT2D eigenvalue weighted by Crippen LogP contribution is 2.28. The molecule has 0 aliphatic carbocycles. The molecule has 3 rings (SSSR count). The van der Waals surface area contributed by atoms with Gasteiger partial charge in [-0.2, -0.15) is 0 Å². The number of hydrogen-bond acceptors (Lipinski definition) is 5. The highest BCUT2D eigenvalue weighted by Gasteiger charge is 2.33. The maximum atomic E-state index is 12.0. The number of anilines is 1. The highest BCUT2D eigenvalue weighted by molar-refractivity contribution is 7.89. The standard InChI is InChI=1S/C14H22N4O2S/c1-18(2)21(19,20)13-5-6-14(15-9-13)17-12-7-10-3-4-11(8-12)16-10/h5-6,9-12,16H,3-4,7-8H2,1-2H3,(H,15,17). The van der Waals surface area contributed by atoms with Crippen LogP contribution in [-0.2, 0) is 10.0 Å². The monoisotopic (exact) mass is 310 g/mol. The zero-order chi connectivity index (χ0) is 15.0. The Morgan fingerprint density at radius 3 is 2.43 bits per heavy atom. The number of nitrogens with one attached hydrogen (secondary N) is 2. The van der Waals surface area contributed by atoms with Gasteiger partial charge in [0, 0.05) is 38.4 Å². The predicted molar refractivity (Wildman–Crippen MR) is 81.7 cm³/mol. The summed E-state index contributed by atoms with van der Waals surface area (Å²) < 4.78 is 25.2. The van der Waals surface area contributed by atoms with Crippen LogP contribution in [0.15, 0.2) is 23.2 Å². The number of pyridine rings is 1. The summed E-state index contributed by atoms with van der Waals surface area (Å²) in [6.07, 6.45) is 6.16. The van der Waals surface area contributed by atoms with Crippen molar-refractivity contribution in [3.63, 3.8) is 0 Å². The second kappa shape index (κ2) is 5.55. The molecule has 3 heterocycles. The molecule has 7 heteroatoms. The first-order valence-electron chi connectivity index (χ1n) is 7.36. The third kappa shape index (κ3) is 3.04. The Bertz CT molecular complexity index is 588. The molecule has 0 aromatic carbocycles. The number of rotatable bonds is 4. The van der Waals surface area contributed by atoms with Gasteiger partial charge in [0.15, 0.2) is 0 Å². The van der Waals surface area contributed by atoms with Crippen molar-refractivity contribution in [2.45, 2.75) is 48.7 Å². The van der Waals surface area contributed by atoms with Gasteiger partial charge in [0.05, 0.1) is 0 Å². The van der Waals surface area contributed by atoms with Gasteiger partial charge in [0.25, 0.3) is 0 Å². The molecule has 2 N–H and O–H groups in total. The minimum atomic E-state index is -3.40. The van der Waals surface area contributed by atoms with Crippen molar-refractivity contribution in [2.24, 2.45) is 0 Å². The van der Waals surface area contributed by atoms with E-state index >= 15 is 0 Å². The average Bonchev–Trinajstić information content (AvgIpc) is 2.78. The maximum Gasteiger partial charge on any atom is 0.244 e. The molecule has 2 aliphatic rings. The van der Waals surface area contributed by atoms with Crippen molar-refractivity contribution in [1.29, 1.82) is 0 Å². The number of aromatic nitrogens is 1.